The second kappa shape index (κ2) is 3.48. The molecule has 1 saturated heterocycles. The zero-order chi connectivity index (χ0) is 8.48. The van der Waals surface area contributed by atoms with Gasteiger partial charge in [0.2, 0.25) is 0 Å². The van der Waals surface area contributed by atoms with E-state index in [1.165, 1.54) is 18.1 Å². The second-order valence-electron chi connectivity index (χ2n) is 4.73. The van der Waals surface area contributed by atoms with Crippen LogP contribution in [0.15, 0.2) is 0 Å². The van der Waals surface area contributed by atoms with Crippen molar-refractivity contribution in [3.8, 4) is 0 Å². The normalized spacial score (nSPS) is 27.3. The van der Waals surface area contributed by atoms with Crippen molar-refractivity contribution in [2.75, 3.05) is 0 Å². The van der Waals surface area contributed by atoms with Gasteiger partial charge in [-0.05, 0) is 11.8 Å². The maximum atomic E-state index is 5.99. The molecule has 1 fully saturated rings. The lowest BCUT2D eigenvalue weighted by atomic mass is 9.87. The first kappa shape index (κ1) is 9.58. The maximum absolute atomic E-state index is 5.99. The molecule has 1 nitrogen and oxygen atoms in total. The van der Waals surface area contributed by atoms with Gasteiger partial charge in [-0.15, -0.1) is 0 Å². The molecule has 0 N–H and O–H groups in total. The fraction of sp³-hybridized carbons (Fsp3) is 1.00. The predicted molar refractivity (Wildman–Crippen MR) is 50.0 cm³/mol. The molecule has 1 aliphatic heterocycles. The van der Waals surface area contributed by atoms with Crippen molar-refractivity contribution in [1.29, 1.82) is 0 Å². The van der Waals surface area contributed by atoms with Gasteiger partial charge >= 0.3 is 14.5 Å². The van der Waals surface area contributed by atoms with E-state index in [4.69, 9.17) is 3.79 Å². The average molecular weight is 170 g/mol. The molecule has 0 saturated carbocycles. The van der Waals surface area contributed by atoms with Gasteiger partial charge in [-0.1, -0.05) is 38.3 Å². The summed E-state index contributed by atoms with van der Waals surface area (Å²) in [6.07, 6.45) is 3.22. The van der Waals surface area contributed by atoms with Gasteiger partial charge in [-0.25, -0.2) is 0 Å². The molecular weight excluding hydrogens is 151 g/mol. The summed E-state index contributed by atoms with van der Waals surface area (Å²) in [5.74, 6) is 2.32. The molecule has 0 amide bonds. The number of hydrogen-bond acceptors (Lipinski definition) is 1. The Morgan fingerprint density at radius 2 is 2.00 bits per heavy atom. The van der Waals surface area contributed by atoms with E-state index in [1.54, 1.807) is 0 Å². The van der Waals surface area contributed by atoms with Gasteiger partial charge in [-0.3, -0.25) is 0 Å². The van der Waals surface area contributed by atoms with Crippen LogP contribution >= 0.6 is 0 Å². The van der Waals surface area contributed by atoms with Gasteiger partial charge in [0, 0.05) is 6.10 Å². The first-order chi connectivity index (χ1) is 5.00. The van der Waals surface area contributed by atoms with Gasteiger partial charge in [0.1, 0.15) is 0 Å². The molecule has 1 atom stereocenters. The number of rotatable bonds is 0. The lowest BCUT2D eigenvalue weighted by Gasteiger charge is -2.36. The van der Waals surface area contributed by atoms with E-state index >= 15 is 0 Å². The molecule has 0 spiro atoms. The Hall–Kier alpha value is 0.492. The van der Waals surface area contributed by atoms with Crippen LogP contribution in [0.4, 0.5) is 0 Å². The minimum absolute atomic E-state index is 0.363. The summed E-state index contributed by atoms with van der Waals surface area (Å²) in [6, 6.07) is 0. The third-order valence-corrected chi connectivity index (χ3v) is 4.45. The van der Waals surface area contributed by atoms with Crippen molar-refractivity contribution < 1.29 is 3.79 Å². The van der Waals surface area contributed by atoms with E-state index < -0.39 is 14.5 Å². The minimum atomic E-state index is -0.752. The topological polar surface area (TPSA) is 9.23 Å². The van der Waals surface area contributed by atoms with E-state index in [0.29, 0.717) is 11.5 Å². The molecule has 0 aromatic heterocycles. The lowest BCUT2D eigenvalue weighted by Crippen LogP contribution is -2.37. The molecule has 0 aromatic rings. The quantitative estimate of drug-likeness (QED) is 0.508. The van der Waals surface area contributed by atoms with Crippen molar-refractivity contribution in [2.24, 2.45) is 5.41 Å². The smallest absolute Gasteiger partial charge is 0.457 e. The SMILES string of the molecule is [CH3][Al]1[CH2]CCC(C(C)(C)C)[O]1. The number of hydrogen-bond donors (Lipinski definition) is 0. The van der Waals surface area contributed by atoms with Gasteiger partial charge in [0.05, 0.1) is 0 Å². The van der Waals surface area contributed by atoms with E-state index in [9.17, 15) is 0 Å². The summed E-state index contributed by atoms with van der Waals surface area (Å²) >= 11 is -0.752. The van der Waals surface area contributed by atoms with Gasteiger partial charge < -0.3 is 3.79 Å². The first-order valence-electron chi connectivity index (χ1n) is 4.65. The molecule has 0 aromatic carbocycles. The van der Waals surface area contributed by atoms with Crippen molar-refractivity contribution in [3.63, 3.8) is 0 Å². The predicted octanol–water partition coefficient (Wildman–Crippen LogP) is 2.83. The third kappa shape index (κ3) is 2.78. The first-order valence-corrected chi connectivity index (χ1v) is 7.10. The van der Waals surface area contributed by atoms with Crippen LogP contribution in [-0.2, 0) is 3.79 Å². The molecule has 1 rings (SSSR count). The Bertz CT molecular complexity index is 128. The Balaban J connectivity index is 2.46. The summed E-state index contributed by atoms with van der Waals surface area (Å²) in [6.45, 7) is 6.85. The van der Waals surface area contributed by atoms with Crippen molar-refractivity contribution in [2.45, 2.75) is 50.8 Å². The van der Waals surface area contributed by atoms with Gasteiger partial charge in [0.15, 0.2) is 0 Å². The highest BCUT2D eigenvalue weighted by atomic mass is 27.2. The molecular formula is C9H19AlO. The van der Waals surface area contributed by atoms with Crippen molar-refractivity contribution in [1.82, 2.24) is 0 Å². The molecule has 64 valence electrons. The van der Waals surface area contributed by atoms with Crippen LogP contribution in [-0.4, -0.2) is 20.6 Å². The molecule has 1 heterocycles. The summed E-state index contributed by atoms with van der Waals surface area (Å²) in [5, 5.41) is 1.38. The lowest BCUT2D eigenvalue weighted by molar-refractivity contribution is 0.0648. The molecule has 1 aliphatic rings. The molecule has 0 bridgehead atoms. The zero-order valence-electron chi connectivity index (χ0n) is 8.18. The summed E-state index contributed by atoms with van der Waals surface area (Å²) in [4.78, 5) is 0. The van der Waals surface area contributed by atoms with Crippen LogP contribution in [0.25, 0.3) is 0 Å². The summed E-state index contributed by atoms with van der Waals surface area (Å²) in [5.41, 5.74) is 0.363. The Morgan fingerprint density at radius 1 is 1.36 bits per heavy atom. The van der Waals surface area contributed by atoms with E-state index in [1.807, 2.05) is 0 Å². The fourth-order valence-electron chi connectivity index (χ4n) is 1.64. The average Bonchev–Trinajstić information content (AvgIpc) is 1.86. The molecule has 11 heavy (non-hydrogen) atoms. The van der Waals surface area contributed by atoms with Crippen LogP contribution in [0.3, 0.4) is 0 Å². The Labute approximate surface area is 74.9 Å². The van der Waals surface area contributed by atoms with E-state index in [0.717, 1.165) is 0 Å². The summed E-state index contributed by atoms with van der Waals surface area (Å²) in [7, 11) is 0. The zero-order valence-corrected chi connectivity index (χ0v) is 9.34. The van der Waals surface area contributed by atoms with Gasteiger partial charge in [0.25, 0.3) is 0 Å². The van der Waals surface area contributed by atoms with Crippen LogP contribution < -0.4 is 0 Å². The third-order valence-electron chi connectivity index (χ3n) is 2.44. The molecule has 1 unspecified atom stereocenters. The standard InChI is InChI=1S/C8H16O.CH3.Al/c1-5-6-7(9)8(2,3)4;;/h7H,1,5-6H2,2-4H3;1H3;/q-1;;+1. The molecule has 0 radical (unpaired) electrons. The monoisotopic (exact) mass is 170 g/mol. The molecule has 2 heteroatoms. The molecule has 0 aliphatic carbocycles. The van der Waals surface area contributed by atoms with Crippen LogP contribution in [0.5, 0.6) is 0 Å². The van der Waals surface area contributed by atoms with E-state index in [-0.39, 0.29) is 0 Å². The second-order valence-corrected chi connectivity index (χ2v) is 7.20. The van der Waals surface area contributed by atoms with Crippen LogP contribution in [0.1, 0.15) is 33.6 Å². The highest BCUT2D eigenvalue weighted by Crippen LogP contribution is 2.30. The summed E-state index contributed by atoms with van der Waals surface area (Å²) < 4.78 is 5.99. The largest absolute Gasteiger partial charge is 0.498 e. The highest BCUT2D eigenvalue weighted by molar-refractivity contribution is 6.50. The fourth-order valence-corrected chi connectivity index (χ4v) is 3.70. The van der Waals surface area contributed by atoms with Crippen molar-refractivity contribution in [3.05, 3.63) is 0 Å². The van der Waals surface area contributed by atoms with Crippen molar-refractivity contribution >= 4 is 14.5 Å². The van der Waals surface area contributed by atoms with Crippen LogP contribution in [0, 0.1) is 5.41 Å². The van der Waals surface area contributed by atoms with E-state index in [2.05, 4.69) is 26.6 Å². The maximum Gasteiger partial charge on any atom is 0.457 e. The van der Waals surface area contributed by atoms with Crippen LogP contribution in [0.2, 0.25) is 11.1 Å². The highest BCUT2D eigenvalue weighted by Gasteiger charge is 2.31. The van der Waals surface area contributed by atoms with Gasteiger partial charge in [-0.2, -0.15) is 0 Å². The Morgan fingerprint density at radius 3 is 2.36 bits per heavy atom. The minimum Gasteiger partial charge on any atom is -0.498 e. The Kier molecular flexibility index (Phi) is 3.03.